The Bertz CT molecular complexity index is 474. The second-order valence-electron chi connectivity index (χ2n) is 4.79. The number of anilines is 1. The first kappa shape index (κ1) is 12.2. The van der Waals surface area contributed by atoms with Crippen molar-refractivity contribution in [2.24, 2.45) is 0 Å². The fourth-order valence-corrected chi connectivity index (χ4v) is 2.46. The smallest absolute Gasteiger partial charge is 0.0734 e. The van der Waals surface area contributed by atoms with Gasteiger partial charge in [0.1, 0.15) is 0 Å². The van der Waals surface area contributed by atoms with Gasteiger partial charge in [0.2, 0.25) is 0 Å². The molecule has 0 spiro atoms. The van der Waals surface area contributed by atoms with Gasteiger partial charge in [-0.3, -0.25) is 4.90 Å². The predicted molar refractivity (Wildman–Crippen MR) is 75.1 cm³/mol. The lowest BCUT2D eigenvalue weighted by molar-refractivity contribution is 0.239. The highest BCUT2D eigenvalue weighted by Crippen LogP contribution is 2.15. The number of nitrogens with zero attached hydrogens (tertiary/aromatic N) is 5. The molecule has 0 unspecified atom stereocenters. The van der Waals surface area contributed by atoms with Gasteiger partial charge in [-0.2, -0.15) is 15.0 Å². The molecule has 100 valence electrons. The molecule has 3 rings (SSSR count). The maximum absolute atomic E-state index is 4.13. The summed E-state index contributed by atoms with van der Waals surface area (Å²) in [7, 11) is 0. The minimum atomic E-state index is 0.873. The van der Waals surface area contributed by atoms with Crippen LogP contribution < -0.4 is 4.90 Å². The van der Waals surface area contributed by atoms with E-state index in [1.165, 1.54) is 5.69 Å². The number of aromatic nitrogens is 3. The summed E-state index contributed by atoms with van der Waals surface area (Å²) in [6.07, 6.45) is 3.46. The molecule has 2 aromatic rings. The van der Waals surface area contributed by atoms with Gasteiger partial charge in [-0.05, 0) is 12.1 Å². The lowest BCUT2D eigenvalue weighted by Gasteiger charge is -2.36. The molecule has 0 N–H and O–H groups in total. The molecule has 0 bridgehead atoms. The first-order valence-corrected chi connectivity index (χ1v) is 6.78. The molecule has 1 aliphatic heterocycles. The minimum absolute atomic E-state index is 0.873. The number of hydrogen-bond donors (Lipinski definition) is 0. The Hall–Kier alpha value is -1.88. The fraction of sp³-hybridized carbons (Fsp3) is 0.429. The normalized spacial score (nSPS) is 16.7. The molecule has 1 fully saturated rings. The predicted octanol–water partition coefficient (Wildman–Crippen LogP) is 1.10. The summed E-state index contributed by atoms with van der Waals surface area (Å²) in [5.41, 5.74) is 1.33. The monoisotopic (exact) mass is 257 g/mol. The van der Waals surface area contributed by atoms with Crippen LogP contribution in [0.3, 0.4) is 0 Å². The van der Waals surface area contributed by atoms with Crippen LogP contribution in [0.4, 0.5) is 5.69 Å². The second kappa shape index (κ2) is 5.84. The third-order valence-corrected chi connectivity index (χ3v) is 3.58. The molecule has 0 saturated carbocycles. The zero-order valence-electron chi connectivity index (χ0n) is 11.0. The van der Waals surface area contributed by atoms with Crippen molar-refractivity contribution in [2.45, 2.75) is 6.54 Å². The van der Waals surface area contributed by atoms with E-state index in [9.17, 15) is 0 Å². The van der Waals surface area contributed by atoms with Gasteiger partial charge in [0, 0.05) is 38.4 Å². The SMILES string of the molecule is c1ccc(N2CCN(CCn3nccn3)CC2)cc1. The van der Waals surface area contributed by atoms with Gasteiger partial charge in [0.05, 0.1) is 18.9 Å². The quantitative estimate of drug-likeness (QED) is 0.822. The third kappa shape index (κ3) is 3.12. The van der Waals surface area contributed by atoms with E-state index in [2.05, 4.69) is 50.3 Å². The molecule has 0 amide bonds. The molecule has 1 aromatic carbocycles. The van der Waals surface area contributed by atoms with Gasteiger partial charge < -0.3 is 4.90 Å². The van der Waals surface area contributed by atoms with Gasteiger partial charge in [-0.1, -0.05) is 18.2 Å². The van der Waals surface area contributed by atoms with E-state index < -0.39 is 0 Å². The molecule has 2 heterocycles. The first-order chi connectivity index (χ1) is 9.42. The molecule has 0 atom stereocenters. The molecule has 1 aromatic heterocycles. The number of rotatable bonds is 4. The van der Waals surface area contributed by atoms with Crippen molar-refractivity contribution in [1.82, 2.24) is 19.9 Å². The Labute approximate surface area is 113 Å². The summed E-state index contributed by atoms with van der Waals surface area (Å²) >= 11 is 0. The number of piperazine rings is 1. The Balaban J connectivity index is 1.47. The molecular formula is C14H19N5. The highest BCUT2D eigenvalue weighted by molar-refractivity contribution is 5.46. The van der Waals surface area contributed by atoms with E-state index in [-0.39, 0.29) is 0 Å². The van der Waals surface area contributed by atoms with E-state index >= 15 is 0 Å². The molecule has 0 aliphatic carbocycles. The molecular weight excluding hydrogens is 238 g/mol. The minimum Gasteiger partial charge on any atom is -0.369 e. The maximum atomic E-state index is 4.13. The van der Waals surface area contributed by atoms with E-state index in [1.54, 1.807) is 17.2 Å². The van der Waals surface area contributed by atoms with E-state index in [1.807, 2.05) is 0 Å². The van der Waals surface area contributed by atoms with E-state index in [4.69, 9.17) is 0 Å². The Morgan fingerprint density at radius 3 is 2.21 bits per heavy atom. The lowest BCUT2D eigenvalue weighted by Crippen LogP contribution is -2.47. The first-order valence-electron chi connectivity index (χ1n) is 6.78. The Kier molecular flexibility index (Phi) is 3.74. The van der Waals surface area contributed by atoms with Crippen LogP contribution >= 0.6 is 0 Å². The topological polar surface area (TPSA) is 37.2 Å². The van der Waals surface area contributed by atoms with E-state index in [0.29, 0.717) is 0 Å². The van der Waals surface area contributed by atoms with Crippen molar-refractivity contribution >= 4 is 5.69 Å². The van der Waals surface area contributed by atoms with Gasteiger partial charge >= 0.3 is 0 Å². The van der Waals surface area contributed by atoms with Gasteiger partial charge in [0.25, 0.3) is 0 Å². The van der Waals surface area contributed by atoms with Crippen molar-refractivity contribution in [2.75, 3.05) is 37.6 Å². The van der Waals surface area contributed by atoms with Gasteiger partial charge in [-0.25, -0.2) is 0 Å². The summed E-state index contributed by atoms with van der Waals surface area (Å²) in [6.45, 7) is 6.30. The highest BCUT2D eigenvalue weighted by atomic mass is 15.5. The van der Waals surface area contributed by atoms with E-state index in [0.717, 1.165) is 39.3 Å². The van der Waals surface area contributed by atoms with Crippen LogP contribution in [0.15, 0.2) is 42.7 Å². The van der Waals surface area contributed by atoms with Crippen LogP contribution in [0.5, 0.6) is 0 Å². The molecule has 1 saturated heterocycles. The second-order valence-corrected chi connectivity index (χ2v) is 4.79. The average Bonchev–Trinajstić information content (AvgIpc) is 3.00. The van der Waals surface area contributed by atoms with Crippen LogP contribution in [0.1, 0.15) is 0 Å². The van der Waals surface area contributed by atoms with Crippen molar-refractivity contribution in [3.63, 3.8) is 0 Å². The fourth-order valence-electron chi connectivity index (χ4n) is 2.46. The standard InChI is InChI=1S/C14H19N5/c1-2-4-14(5-3-1)18-11-8-17(9-12-18)10-13-19-15-6-7-16-19/h1-7H,8-13H2. The molecule has 1 aliphatic rings. The van der Waals surface area contributed by atoms with Crippen LogP contribution in [0.25, 0.3) is 0 Å². The summed E-state index contributed by atoms with van der Waals surface area (Å²) < 4.78 is 0. The van der Waals surface area contributed by atoms with Crippen LogP contribution in [-0.2, 0) is 6.54 Å². The van der Waals surface area contributed by atoms with Crippen molar-refractivity contribution in [3.05, 3.63) is 42.7 Å². The zero-order valence-corrected chi connectivity index (χ0v) is 11.0. The molecule has 19 heavy (non-hydrogen) atoms. The molecule has 5 nitrogen and oxygen atoms in total. The maximum Gasteiger partial charge on any atom is 0.0734 e. The van der Waals surface area contributed by atoms with Crippen molar-refractivity contribution < 1.29 is 0 Å². The third-order valence-electron chi connectivity index (χ3n) is 3.58. The molecule has 0 radical (unpaired) electrons. The van der Waals surface area contributed by atoms with Crippen LogP contribution in [0, 0.1) is 0 Å². The number of hydrogen-bond acceptors (Lipinski definition) is 4. The van der Waals surface area contributed by atoms with Crippen molar-refractivity contribution in [1.29, 1.82) is 0 Å². The van der Waals surface area contributed by atoms with Crippen LogP contribution in [-0.4, -0.2) is 52.6 Å². The number of para-hydroxylation sites is 1. The van der Waals surface area contributed by atoms with Gasteiger partial charge in [-0.15, -0.1) is 0 Å². The average molecular weight is 257 g/mol. The van der Waals surface area contributed by atoms with Gasteiger partial charge in [0.15, 0.2) is 0 Å². The Morgan fingerprint density at radius 2 is 1.53 bits per heavy atom. The molecule has 5 heteroatoms. The summed E-state index contributed by atoms with van der Waals surface area (Å²) in [5.74, 6) is 0. The summed E-state index contributed by atoms with van der Waals surface area (Å²) in [5, 5.41) is 8.26. The number of benzene rings is 1. The lowest BCUT2D eigenvalue weighted by atomic mass is 10.2. The van der Waals surface area contributed by atoms with Crippen molar-refractivity contribution in [3.8, 4) is 0 Å². The largest absolute Gasteiger partial charge is 0.369 e. The Morgan fingerprint density at radius 1 is 0.842 bits per heavy atom. The summed E-state index contributed by atoms with van der Waals surface area (Å²) in [4.78, 5) is 6.68. The highest BCUT2D eigenvalue weighted by Gasteiger charge is 2.16. The zero-order chi connectivity index (χ0) is 12.9. The summed E-state index contributed by atoms with van der Waals surface area (Å²) in [6, 6.07) is 10.6. The van der Waals surface area contributed by atoms with Crippen LogP contribution in [0.2, 0.25) is 0 Å².